The van der Waals surface area contributed by atoms with Gasteiger partial charge in [-0.2, -0.15) is 0 Å². The van der Waals surface area contributed by atoms with Crippen LogP contribution in [0.15, 0.2) is 41.2 Å². The molecule has 10 nitrogen and oxygen atoms in total. The second-order valence-electron chi connectivity index (χ2n) is 5.38. The van der Waals surface area contributed by atoms with E-state index >= 15 is 0 Å². The molecule has 0 saturated heterocycles. The quantitative estimate of drug-likeness (QED) is 0.388. The van der Waals surface area contributed by atoms with Crippen LogP contribution in [0.4, 0.5) is 28.8 Å². The van der Waals surface area contributed by atoms with Crippen LogP contribution in [0.2, 0.25) is 0 Å². The van der Waals surface area contributed by atoms with Crippen molar-refractivity contribution in [1.82, 2.24) is 15.1 Å². The van der Waals surface area contributed by atoms with E-state index in [4.69, 9.17) is 4.52 Å². The van der Waals surface area contributed by atoms with Gasteiger partial charge >= 0.3 is 5.69 Å². The standard InChI is InChI=1S/C16H14N6O4/c1-9-7-13(21-26-9)20-16-14(22(24)25)15(17-8-18-16)19-12-5-3-11(4-6-12)10(2)23/h3-8H,1-2H3,(H2,17,18,19,20,21). The third kappa shape index (κ3) is 3.64. The van der Waals surface area contributed by atoms with Gasteiger partial charge in [-0.15, -0.1) is 0 Å². The minimum atomic E-state index is -0.596. The summed E-state index contributed by atoms with van der Waals surface area (Å²) in [7, 11) is 0. The number of nitrogens with zero attached hydrogens (tertiary/aromatic N) is 4. The van der Waals surface area contributed by atoms with E-state index in [0.29, 0.717) is 22.8 Å². The Bertz CT molecular complexity index is 967. The van der Waals surface area contributed by atoms with Crippen LogP contribution in [0.25, 0.3) is 0 Å². The maximum absolute atomic E-state index is 11.5. The topological polar surface area (TPSA) is 136 Å². The summed E-state index contributed by atoms with van der Waals surface area (Å²) in [6.07, 6.45) is 1.19. The molecular formula is C16H14N6O4. The van der Waals surface area contributed by atoms with Crippen LogP contribution in [-0.4, -0.2) is 25.8 Å². The van der Waals surface area contributed by atoms with Crippen molar-refractivity contribution < 1.29 is 14.2 Å². The van der Waals surface area contributed by atoms with Crippen molar-refractivity contribution in [3.63, 3.8) is 0 Å². The fraction of sp³-hybridized carbons (Fsp3) is 0.125. The summed E-state index contributed by atoms with van der Waals surface area (Å²) in [4.78, 5) is 30.1. The first kappa shape index (κ1) is 17.0. The van der Waals surface area contributed by atoms with E-state index in [2.05, 4.69) is 25.8 Å². The summed E-state index contributed by atoms with van der Waals surface area (Å²) in [5.74, 6) is 0.748. The van der Waals surface area contributed by atoms with Crippen molar-refractivity contribution >= 4 is 34.6 Å². The minimum Gasteiger partial charge on any atom is -0.360 e. The SMILES string of the molecule is CC(=O)c1ccc(Nc2ncnc(Nc3cc(C)on3)c2[N+](=O)[O-])cc1. The van der Waals surface area contributed by atoms with Crippen molar-refractivity contribution in [1.29, 1.82) is 0 Å². The molecule has 10 heteroatoms. The first-order valence-corrected chi connectivity index (χ1v) is 7.52. The lowest BCUT2D eigenvalue weighted by Gasteiger charge is -2.09. The summed E-state index contributed by atoms with van der Waals surface area (Å²) in [6, 6.07) is 8.09. The highest BCUT2D eigenvalue weighted by Gasteiger charge is 2.24. The van der Waals surface area contributed by atoms with Crippen molar-refractivity contribution in [2.45, 2.75) is 13.8 Å². The fourth-order valence-corrected chi connectivity index (χ4v) is 2.21. The molecule has 0 aliphatic carbocycles. The van der Waals surface area contributed by atoms with Crippen LogP contribution in [-0.2, 0) is 0 Å². The monoisotopic (exact) mass is 354 g/mol. The number of anilines is 4. The molecule has 0 aliphatic rings. The Morgan fingerprint density at radius 2 is 1.81 bits per heavy atom. The molecule has 0 saturated carbocycles. The average molecular weight is 354 g/mol. The minimum absolute atomic E-state index is 0.00305. The number of aromatic nitrogens is 3. The molecule has 0 amide bonds. The molecular weight excluding hydrogens is 340 g/mol. The number of hydrogen-bond donors (Lipinski definition) is 2. The Balaban J connectivity index is 1.92. The fourth-order valence-electron chi connectivity index (χ4n) is 2.21. The van der Waals surface area contributed by atoms with Crippen LogP contribution in [0.3, 0.4) is 0 Å². The number of carbonyl (C=O) groups is 1. The Morgan fingerprint density at radius 1 is 1.15 bits per heavy atom. The summed E-state index contributed by atoms with van der Waals surface area (Å²) in [6.45, 7) is 3.16. The van der Waals surface area contributed by atoms with Crippen LogP contribution < -0.4 is 10.6 Å². The molecule has 0 unspecified atom stereocenters. The Hall–Kier alpha value is -3.82. The average Bonchev–Trinajstić information content (AvgIpc) is 3.00. The summed E-state index contributed by atoms with van der Waals surface area (Å²) in [5.41, 5.74) is 0.736. The molecule has 2 aromatic heterocycles. The van der Waals surface area contributed by atoms with Crippen molar-refractivity contribution in [2.24, 2.45) is 0 Å². The molecule has 26 heavy (non-hydrogen) atoms. The molecule has 2 heterocycles. The highest BCUT2D eigenvalue weighted by Crippen LogP contribution is 2.32. The molecule has 3 aromatic rings. The molecule has 3 rings (SSSR count). The van der Waals surface area contributed by atoms with Gasteiger partial charge in [0.2, 0.25) is 11.6 Å². The number of hydrogen-bond acceptors (Lipinski definition) is 9. The van der Waals surface area contributed by atoms with E-state index in [1.54, 1.807) is 37.3 Å². The largest absolute Gasteiger partial charge is 0.360 e. The van der Waals surface area contributed by atoms with Gasteiger partial charge in [0.25, 0.3) is 0 Å². The number of benzene rings is 1. The van der Waals surface area contributed by atoms with E-state index in [9.17, 15) is 14.9 Å². The third-order valence-corrected chi connectivity index (χ3v) is 3.43. The second-order valence-corrected chi connectivity index (χ2v) is 5.38. The lowest BCUT2D eigenvalue weighted by molar-refractivity contribution is -0.383. The Kier molecular flexibility index (Phi) is 4.56. The predicted octanol–water partition coefficient (Wildman–Crippen LogP) is 3.37. The van der Waals surface area contributed by atoms with E-state index in [1.165, 1.54) is 13.3 Å². The lowest BCUT2D eigenvalue weighted by atomic mass is 10.1. The first-order chi connectivity index (χ1) is 12.4. The molecule has 0 aliphatic heterocycles. The van der Waals surface area contributed by atoms with Gasteiger partial charge in [0.05, 0.1) is 4.92 Å². The molecule has 1 aromatic carbocycles. The highest BCUT2D eigenvalue weighted by atomic mass is 16.6. The van der Waals surface area contributed by atoms with Gasteiger partial charge in [-0.25, -0.2) is 9.97 Å². The Morgan fingerprint density at radius 3 is 2.35 bits per heavy atom. The summed E-state index contributed by atoms with van der Waals surface area (Å²) >= 11 is 0. The summed E-state index contributed by atoms with van der Waals surface area (Å²) in [5, 5.41) is 20.9. The van der Waals surface area contributed by atoms with Gasteiger partial charge in [-0.05, 0) is 38.1 Å². The van der Waals surface area contributed by atoms with Gasteiger partial charge in [0, 0.05) is 17.3 Å². The van der Waals surface area contributed by atoms with Crippen molar-refractivity contribution in [3.05, 3.63) is 58.1 Å². The van der Waals surface area contributed by atoms with Crippen LogP contribution in [0.5, 0.6) is 0 Å². The molecule has 0 fully saturated rings. The molecule has 0 bridgehead atoms. The van der Waals surface area contributed by atoms with Gasteiger partial charge in [0.1, 0.15) is 12.1 Å². The number of ketones is 1. The molecule has 2 N–H and O–H groups in total. The van der Waals surface area contributed by atoms with E-state index < -0.39 is 4.92 Å². The zero-order valence-electron chi connectivity index (χ0n) is 13.9. The second kappa shape index (κ2) is 6.97. The van der Waals surface area contributed by atoms with Gasteiger partial charge in [0.15, 0.2) is 11.6 Å². The van der Waals surface area contributed by atoms with Gasteiger partial charge < -0.3 is 15.2 Å². The molecule has 0 spiro atoms. The zero-order chi connectivity index (χ0) is 18.7. The summed E-state index contributed by atoms with van der Waals surface area (Å²) < 4.78 is 4.92. The number of Topliss-reactive ketones (excluding diaryl/α,β-unsaturated/α-hetero) is 1. The number of carbonyl (C=O) groups excluding carboxylic acids is 1. The number of rotatable bonds is 6. The first-order valence-electron chi connectivity index (χ1n) is 7.52. The normalized spacial score (nSPS) is 10.4. The van der Waals surface area contributed by atoms with Crippen molar-refractivity contribution in [3.8, 4) is 0 Å². The predicted molar refractivity (Wildman–Crippen MR) is 92.9 cm³/mol. The van der Waals surface area contributed by atoms with Gasteiger partial charge in [-0.1, -0.05) is 5.16 Å². The molecule has 0 radical (unpaired) electrons. The van der Waals surface area contributed by atoms with E-state index in [-0.39, 0.29) is 23.1 Å². The molecule has 132 valence electrons. The zero-order valence-corrected chi connectivity index (χ0v) is 13.9. The number of aryl methyl sites for hydroxylation is 1. The van der Waals surface area contributed by atoms with E-state index in [0.717, 1.165) is 0 Å². The van der Waals surface area contributed by atoms with Gasteiger partial charge in [-0.3, -0.25) is 14.9 Å². The Labute approximate surface area is 147 Å². The van der Waals surface area contributed by atoms with Crippen molar-refractivity contribution in [2.75, 3.05) is 10.6 Å². The highest BCUT2D eigenvalue weighted by molar-refractivity contribution is 5.94. The van der Waals surface area contributed by atoms with E-state index in [1.807, 2.05) is 0 Å². The maximum Gasteiger partial charge on any atom is 0.353 e. The number of nitrogens with one attached hydrogen (secondary N) is 2. The smallest absolute Gasteiger partial charge is 0.353 e. The van der Waals surface area contributed by atoms with Crippen LogP contribution >= 0.6 is 0 Å². The van der Waals surface area contributed by atoms with Crippen LogP contribution in [0, 0.1) is 17.0 Å². The lowest BCUT2D eigenvalue weighted by Crippen LogP contribution is -2.05. The molecule has 0 atom stereocenters. The van der Waals surface area contributed by atoms with Crippen LogP contribution in [0.1, 0.15) is 23.0 Å². The number of nitro groups is 1. The maximum atomic E-state index is 11.5. The third-order valence-electron chi connectivity index (χ3n) is 3.43.